The molecule has 0 saturated carbocycles. The molecule has 0 radical (unpaired) electrons. The van der Waals surface area contributed by atoms with E-state index in [1.807, 2.05) is 13.8 Å². The predicted octanol–water partition coefficient (Wildman–Crippen LogP) is 2.11. The summed E-state index contributed by atoms with van der Waals surface area (Å²) in [5.74, 6) is -0.477. The van der Waals surface area contributed by atoms with Gasteiger partial charge in [-0.05, 0) is 25.2 Å². The van der Waals surface area contributed by atoms with Gasteiger partial charge in [0.05, 0.1) is 5.41 Å². The van der Waals surface area contributed by atoms with Crippen LogP contribution in [0.2, 0.25) is 0 Å². The second-order valence-electron chi connectivity index (χ2n) is 5.48. The van der Waals surface area contributed by atoms with Gasteiger partial charge in [0.2, 0.25) is 0 Å². The number of carboxylic acid groups (broad SMARTS) is 1. The van der Waals surface area contributed by atoms with E-state index >= 15 is 0 Å². The monoisotopic (exact) mass is 201 g/mol. The van der Waals surface area contributed by atoms with Crippen molar-refractivity contribution in [2.75, 3.05) is 0 Å². The highest BCUT2D eigenvalue weighted by Crippen LogP contribution is 2.38. The highest BCUT2D eigenvalue weighted by molar-refractivity contribution is 5.74. The number of aliphatic carboxylic acids is 1. The van der Waals surface area contributed by atoms with Crippen molar-refractivity contribution in [2.24, 2.45) is 22.5 Å². The first-order valence-corrected chi connectivity index (χ1v) is 5.03. The average molecular weight is 201 g/mol. The van der Waals surface area contributed by atoms with Crippen LogP contribution in [0.1, 0.15) is 41.5 Å². The van der Waals surface area contributed by atoms with E-state index in [4.69, 9.17) is 10.8 Å². The SMILES string of the molecule is CC(C)C(C)(C)C(N)C(C)(C)C(=O)O. The topological polar surface area (TPSA) is 63.3 Å². The van der Waals surface area contributed by atoms with Gasteiger partial charge in [0.1, 0.15) is 0 Å². The van der Waals surface area contributed by atoms with E-state index in [0.717, 1.165) is 0 Å². The molecule has 3 heteroatoms. The second-order valence-corrected chi connectivity index (χ2v) is 5.48. The molecule has 0 heterocycles. The minimum Gasteiger partial charge on any atom is -0.481 e. The van der Waals surface area contributed by atoms with Gasteiger partial charge in [0.25, 0.3) is 0 Å². The quantitative estimate of drug-likeness (QED) is 0.732. The van der Waals surface area contributed by atoms with E-state index < -0.39 is 11.4 Å². The minimum absolute atomic E-state index is 0.179. The third-order valence-electron chi connectivity index (χ3n) is 3.62. The van der Waals surface area contributed by atoms with Crippen molar-refractivity contribution in [3.05, 3.63) is 0 Å². The molecule has 0 saturated heterocycles. The molecule has 0 aromatic carbocycles. The van der Waals surface area contributed by atoms with E-state index in [9.17, 15) is 4.79 Å². The summed E-state index contributed by atoms with van der Waals surface area (Å²) >= 11 is 0. The van der Waals surface area contributed by atoms with Crippen LogP contribution >= 0.6 is 0 Å². The smallest absolute Gasteiger partial charge is 0.310 e. The van der Waals surface area contributed by atoms with Gasteiger partial charge in [-0.1, -0.05) is 27.7 Å². The van der Waals surface area contributed by atoms with Crippen LogP contribution in [0.15, 0.2) is 0 Å². The fourth-order valence-corrected chi connectivity index (χ4v) is 1.42. The van der Waals surface area contributed by atoms with E-state index in [1.165, 1.54) is 0 Å². The molecule has 0 rings (SSSR count). The largest absolute Gasteiger partial charge is 0.481 e. The third kappa shape index (κ3) is 2.27. The van der Waals surface area contributed by atoms with Crippen molar-refractivity contribution in [2.45, 2.75) is 47.6 Å². The molecule has 3 nitrogen and oxygen atoms in total. The summed E-state index contributed by atoms with van der Waals surface area (Å²) in [5.41, 5.74) is 4.99. The third-order valence-corrected chi connectivity index (χ3v) is 3.62. The van der Waals surface area contributed by atoms with Gasteiger partial charge in [-0.2, -0.15) is 0 Å². The zero-order chi connectivity index (χ0) is 11.7. The van der Waals surface area contributed by atoms with E-state index in [2.05, 4.69) is 13.8 Å². The number of hydrogen-bond acceptors (Lipinski definition) is 2. The van der Waals surface area contributed by atoms with Gasteiger partial charge < -0.3 is 10.8 Å². The summed E-state index contributed by atoms with van der Waals surface area (Å²) in [7, 11) is 0. The summed E-state index contributed by atoms with van der Waals surface area (Å²) in [6, 6.07) is -0.354. The number of rotatable bonds is 4. The Morgan fingerprint density at radius 1 is 1.21 bits per heavy atom. The molecular weight excluding hydrogens is 178 g/mol. The summed E-state index contributed by atoms with van der Waals surface area (Å²) in [4.78, 5) is 11.1. The van der Waals surface area contributed by atoms with Crippen molar-refractivity contribution in [3.8, 4) is 0 Å². The second kappa shape index (κ2) is 3.89. The van der Waals surface area contributed by atoms with E-state index in [-0.39, 0.29) is 11.5 Å². The van der Waals surface area contributed by atoms with Gasteiger partial charge in [-0.3, -0.25) is 4.79 Å². The van der Waals surface area contributed by atoms with Crippen LogP contribution in [0.3, 0.4) is 0 Å². The molecule has 0 bridgehead atoms. The molecule has 0 aliphatic carbocycles. The molecule has 3 N–H and O–H groups in total. The number of hydrogen-bond donors (Lipinski definition) is 2. The highest BCUT2D eigenvalue weighted by atomic mass is 16.4. The van der Waals surface area contributed by atoms with Gasteiger partial charge in [0, 0.05) is 6.04 Å². The average Bonchev–Trinajstić information content (AvgIpc) is 2.02. The molecule has 0 aromatic heterocycles. The molecule has 0 aliphatic heterocycles. The van der Waals surface area contributed by atoms with Crippen molar-refractivity contribution in [1.29, 1.82) is 0 Å². The van der Waals surface area contributed by atoms with Gasteiger partial charge >= 0.3 is 5.97 Å². The molecule has 0 spiro atoms. The van der Waals surface area contributed by atoms with E-state index in [1.54, 1.807) is 13.8 Å². The predicted molar refractivity (Wildman–Crippen MR) is 58.0 cm³/mol. The van der Waals surface area contributed by atoms with E-state index in [0.29, 0.717) is 5.92 Å². The molecule has 1 unspecified atom stereocenters. The zero-order valence-corrected chi connectivity index (χ0v) is 10.1. The van der Waals surface area contributed by atoms with Crippen molar-refractivity contribution >= 4 is 5.97 Å². The van der Waals surface area contributed by atoms with Crippen LogP contribution in [0.4, 0.5) is 0 Å². The summed E-state index contributed by atoms with van der Waals surface area (Å²) in [5, 5.41) is 9.08. The Bertz CT molecular complexity index is 219. The van der Waals surface area contributed by atoms with Crippen molar-refractivity contribution < 1.29 is 9.90 Å². The Balaban J connectivity index is 4.95. The van der Waals surface area contributed by atoms with Gasteiger partial charge in [-0.15, -0.1) is 0 Å². The first-order chi connectivity index (χ1) is 6.04. The molecule has 0 fully saturated rings. The van der Waals surface area contributed by atoms with Gasteiger partial charge in [0.15, 0.2) is 0 Å². The Kier molecular flexibility index (Phi) is 3.73. The van der Waals surface area contributed by atoms with Crippen molar-refractivity contribution in [3.63, 3.8) is 0 Å². The highest BCUT2D eigenvalue weighted by Gasteiger charge is 2.44. The Labute approximate surface area is 86.7 Å². The Morgan fingerprint density at radius 3 is 1.79 bits per heavy atom. The van der Waals surface area contributed by atoms with Crippen LogP contribution in [0.5, 0.6) is 0 Å². The maximum Gasteiger partial charge on any atom is 0.310 e. The lowest BCUT2D eigenvalue weighted by molar-refractivity contribution is -0.150. The van der Waals surface area contributed by atoms with Crippen LogP contribution in [0, 0.1) is 16.7 Å². The van der Waals surface area contributed by atoms with Crippen LogP contribution in [-0.2, 0) is 4.79 Å². The zero-order valence-electron chi connectivity index (χ0n) is 10.1. The van der Waals surface area contributed by atoms with Crippen LogP contribution in [-0.4, -0.2) is 17.1 Å². The number of nitrogens with two attached hydrogens (primary N) is 1. The Hall–Kier alpha value is -0.570. The first-order valence-electron chi connectivity index (χ1n) is 5.03. The lowest BCUT2D eigenvalue weighted by Gasteiger charge is -2.42. The van der Waals surface area contributed by atoms with Crippen LogP contribution in [0.25, 0.3) is 0 Å². The van der Waals surface area contributed by atoms with Gasteiger partial charge in [-0.25, -0.2) is 0 Å². The number of carbonyl (C=O) groups is 1. The summed E-state index contributed by atoms with van der Waals surface area (Å²) < 4.78 is 0. The molecule has 0 amide bonds. The maximum atomic E-state index is 11.1. The molecule has 14 heavy (non-hydrogen) atoms. The van der Waals surface area contributed by atoms with Crippen molar-refractivity contribution in [1.82, 2.24) is 0 Å². The lowest BCUT2D eigenvalue weighted by Crippen LogP contribution is -2.53. The molecular formula is C11H23NO2. The number of carboxylic acids is 1. The first kappa shape index (κ1) is 13.4. The summed E-state index contributed by atoms with van der Waals surface area (Å²) in [6.07, 6.45) is 0. The standard InChI is InChI=1S/C11H23NO2/c1-7(2)10(3,4)8(12)11(5,6)9(13)14/h7-8H,12H2,1-6H3,(H,13,14). The minimum atomic E-state index is -0.881. The molecule has 0 aromatic rings. The fourth-order valence-electron chi connectivity index (χ4n) is 1.42. The fraction of sp³-hybridized carbons (Fsp3) is 0.909. The lowest BCUT2D eigenvalue weighted by atomic mass is 9.65. The van der Waals surface area contributed by atoms with Crippen LogP contribution < -0.4 is 5.73 Å². The molecule has 1 atom stereocenters. The molecule has 0 aliphatic rings. The maximum absolute atomic E-state index is 11.1. The Morgan fingerprint density at radius 2 is 1.57 bits per heavy atom. The normalized spacial score (nSPS) is 15.7. The summed E-state index contributed by atoms with van der Waals surface area (Å²) in [6.45, 7) is 11.5. The molecule has 84 valence electrons.